The number of likely N-dealkylation sites (tertiary alicyclic amines) is 1. The number of carboxylic acid groups (broad SMARTS) is 1. The van der Waals surface area contributed by atoms with Gasteiger partial charge >= 0.3 is 12.0 Å². The summed E-state index contributed by atoms with van der Waals surface area (Å²) in [5.41, 5.74) is -0.533. The first-order chi connectivity index (χ1) is 9.98. The van der Waals surface area contributed by atoms with Crippen molar-refractivity contribution in [1.29, 1.82) is 0 Å². The molecule has 2 fully saturated rings. The normalized spacial score (nSPS) is 21.7. The van der Waals surface area contributed by atoms with Crippen molar-refractivity contribution in [2.75, 3.05) is 59.0 Å². The number of carbonyl (C=O) groups excluding carboxylic acids is 1. The summed E-state index contributed by atoms with van der Waals surface area (Å²) in [5.74, 6) is -0.991. The van der Waals surface area contributed by atoms with Gasteiger partial charge in [-0.15, -0.1) is 0 Å². The molecule has 0 aromatic carbocycles. The Kier molecular flexibility index (Phi) is 5.38. The van der Waals surface area contributed by atoms with Crippen LogP contribution in [0.5, 0.6) is 0 Å². The van der Waals surface area contributed by atoms with Crippen LogP contribution < -0.4 is 10.6 Å². The summed E-state index contributed by atoms with van der Waals surface area (Å²) in [4.78, 5) is 26.3. The van der Waals surface area contributed by atoms with Crippen LogP contribution in [0.1, 0.15) is 6.92 Å². The van der Waals surface area contributed by atoms with E-state index in [2.05, 4.69) is 15.5 Å². The summed E-state index contributed by atoms with van der Waals surface area (Å²) in [6, 6.07) is -0.110. The molecule has 0 atom stereocenters. The average Bonchev–Trinajstić information content (AvgIpc) is 2.43. The number of carboxylic acids is 1. The van der Waals surface area contributed by atoms with Crippen molar-refractivity contribution in [3.8, 4) is 0 Å². The van der Waals surface area contributed by atoms with E-state index in [-0.39, 0.29) is 12.6 Å². The summed E-state index contributed by atoms with van der Waals surface area (Å²) >= 11 is 0. The number of urea groups is 1. The van der Waals surface area contributed by atoms with E-state index in [1.54, 1.807) is 4.90 Å². The summed E-state index contributed by atoms with van der Waals surface area (Å²) in [6.07, 6.45) is 0. The predicted octanol–water partition coefficient (Wildman–Crippen LogP) is -1.22. The number of piperazine rings is 1. The Hall–Kier alpha value is -1.38. The van der Waals surface area contributed by atoms with Crippen molar-refractivity contribution in [2.24, 2.45) is 0 Å². The van der Waals surface area contributed by atoms with Crippen LogP contribution in [0.15, 0.2) is 0 Å². The van der Waals surface area contributed by atoms with Gasteiger partial charge in [0.1, 0.15) is 12.2 Å². The molecule has 2 saturated heterocycles. The Labute approximate surface area is 124 Å². The van der Waals surface area contributed by atoms with E-state index in [0.717, 1.165) is 32.7 Å². The molecule has 2 aliphatic heterocycles. The number of amides is 2. The van der Waals surface area contributed by atoms with Crippen LogP contribution in [0.25, 0.3) is 0 Å². The average molecular weight is 300 g/mol. The van der Waals surface area contributed by atoms with Crippen molar-refractivity contribution >= 4 is 12.0 Å². The molecule has 21 heavy (non-hydrogen) atoms. The lowest BCUT2D eigenvalue weighted by Gasteiger charge is -2.47. The third-order valence-electron chi connectivity index (χ3n) is 3.80. The number of nitrogens with zero attached hydrogens (tertiary/aromatic N) is 2. The van der Waals surface area contributed by atoms with Gasteiger partial charge < -0.3 is 25.4 Å². The highest BCUT2D eigenvalue weighted by Crippen LogP contribution is 2.24. The summed E-state index contributed by atoms with van der Waals surface area (Å²) in [5, 5.41) is 14.8. The fourth-order valence-corrected chi connectivity index (χ4v) is 2.60. The number of hydrogen-bond donors (Lipinski definition) is 3. The van der Waals surface area contributed by atoms with Crippen LogP contribution in [0.2, 0.25) is 0 Å². The predicted molar refractivity (Wildman–Crippen MR) is 76.3 cm³/mol. The first-order valence-electron chi connectivity index (χ1n) is 7.30. The maximum Gasteiger partial charge on any atom is 0.329 e. The lowest BCUT2D eigenvalue weighted by molar-refractivity contribution is -0.159. The molecule has 0 aromatic heterocycles. The van der Waals surface area contributed by atoms with Crippen LogP contribution in [-0.4, -0.2) is 91.5 Å². The van der Waals surface area contributed by atoms with Crippen LogP contribution >= 0.6 is 0 Å². The minimum Gasteiger partial charge on any atom is -0.480 e. The quantitative estimate of drug-likeness (QED) is 0.569. The van der Waals surface area contributed by atoms with Crippen LogP contribution in [0.4, 0.5) is 4.79 Å². The second kappa shape index (κ2) is 7.06. The topological polar surface area (TPSA) is 94.1 Å². The number of ether oxygens (including phenoxy) is 1. The van der Waals surface area contributed by atoms with Crippen LogP contribution in [0.3, 0.4) is 0 Å². The summed E-state index contributed by atoms with van der Waals surface area (Å²) < 4.78 is 5.27. The fourth-order valence-electron chi connectivity index (χ4n) is 2.60. The molecule has 0 unspecified atom stereocenters. The third kappa shape index (κ3) is 4.83. The molecule has 0 aliphatic carbocycles. The number of aliphatic carboxylic acids is 1. The molecule has 2 aliphatic rings. The molecule has 0 radical (unpaired) electrons. The number of carbonyl (C=O) groups is 2. The SMILES string of the molecule is CC1(OCC(=O)O)CN(C(=O)NCCN2CCNCC2)C1. The van der Waals surface area contributed by atoms with Gasteiger partial charge in [0.05, 0.1) is 13.1 Å². The largest absolute Gasteiger partial charge is 0.480 e. The number of rotatable bonds is 6. The molecule has 2 rings (SSSR count). The Balaban J connectivity index is 1.59. The standard InChI is InChI=1S/C13H24N4O4/c1-13(21-8-11(18)19)9-17(10-13)12(20)15-4-7-16-5-2-14-3-6-16/h14H,2-10H2,1H3,(H,15,20)(H,18,19). The molecule has 2 amide bonds. The van der Waals surface area contributed by atoms with E-state index in [9.17, 15) is 9.59 Å². The number of hydrogen-bond acceptors (Lipinski definition) is 5. The smallest absolute Gasteiger partial charge is 0.329 e. The lowest BCUT2D eigenvalue weighted by Crippen LogP contribution is -2.65. The molecule has 3 N–H and O–H groups in total. The highest BCUT2D eigenvalue weighted by Gasteiger charge is 2.42. The van der Waals surface area contributed by atoms with Gasteiger partial charge in [-0.3, -0.25) is 4.90 Å². The van der Waals surface area contributed by atoms with Gasteiger partial charge in [0.15, 0.2) is 0 Å². The molecule has 8 nitrogen and oxygen atoms in total. The van der Waals surface area contributed by atoms with E-state index < -0.39 is 11.6 Å². The van der Waals surface area contributed by atoms with Crippen LogP contribution in [-0.2, 0) is 9.53 Å². The van der Waals surface area contributed by atoms with Crippen LogP contribution in [0, 0.1) is 0 Å². The molecular formula is C13H24N4O4. The van der Waals surface area contributed by atoms with Gasteiger partial charge in [0.2, 0.25) is 0 Å². The molecule has 0 aromatic rings. The maximum absolute atomic E-state index is 11.9. The van der Waals surface area contributed by atoms with Gasteiger partial charge in [-0.1, -0.05) is 0 Å². The molecular weight excluding hydrogens is 276 g/mol. The molecule has 0 saturated carbocycles. The molecule has 0 bridgehead atoms. The summed E-state index contributed by atoms with van der Waals surface area (Å²) in [6.45, 7) is 7.87. The third-order valence-corrected chi connectivity index (χ3v) is 3.80. The minimum absolute atomic E-state index is 0.110. The van der Waals surface area contributed by atoms with Gasteiger partial charge in [-0.2, -0.15) is 0 Å². The van der Waals surface area contributed by atoms with Gasteiger partial charge in [-0.05, 0) is 6.92 Å². The highest BCUT2D eigenvalue weighted by molar-refractivity contribution is 5.75. The first kappa shape index (κ1) is 16.0. The molecule has 120 valence electrons. The van der Waals surface area contributed by atoms with Crippen molar-refractivity contribution in [3.05, 3.63) is 0 Å². The minimum atomic E-state index is -0.991. The van der Waals surface area contributed by atoms with Gasteiger partial charge in [0.25, 0.3) is 0 Å². The van der Waals surface area contributed by atoms with Crippen molar-refractivity contribution in [2.45, 2.75) is 12.5 Å². The van der Waals surface area contributed by atoms with E-state index in [1.165, 1.54) is 0 Å². The lowest BCUT2D eigenvalue weighted by atomic mass is 9.97. The Morgan fingerprint density at radius 3 is 2.62 bits per heavy atom. The van der Waals surface area contributed by atoms with Crippen molar-refractivity contribution < 1.29 is 19.4 Å². The second-order valence-electron chi connectivity index (χ2n) is 5.81. The highest BCUT2D eigenvalue weighted by atomic mass is 16.5. The molecule has 2 heterocycles. The maximum atomic E-state index is 11.9. The van der Waals surface area contributed by atoms with E-state index in [1.807, 2.05) is 6.92 Å². The van der Waals surface area contributed by atoms with E-state index in [4.69, 9.17) is 9.84 Å². The zero-order chi connectivity index (χ0) is 15.3. The molecule has 8 heteroatoms. The van der Waals surface area contributed by atoms with Gasteiger partial charge in [-0.25, -0.2) is 9.59 Å². The summed E-state index contributed by atoms with van der Waals surface area (Å²) in [7, 11) is 0. The van der Waals surface area contributed by atoms with Gasteiger partial charge in [0, 0.05) is 39.3 Å². The van der Waals surface area contributed by atoms with E-state index in [0.29, 0.717) is 19.6 Å². The zero-order valence-corrected chi connectivity index (χ0v) is 12.4. The van der Waals surface area contributed by atoms with Crippen molar-refractivity contribution in [3.63, 3.8) is 0 Å². The second-order valence-corrected chi connectivity index (χ2v) is 5.81. The zero-order valence-electron chi connectivity index (χ0n) is 12.4. The monoisotopic (exact) mass is 300 g/mol. The Bertz CT molecular complexity index is 378. The Morgan fingerprint density at radius 1 is 1.33 bits per heavy atom. The first-order valence-corrected chi connectivity index (χ1v) is 7.30. The van der Waals surface area contributed by atoms with Crippen molar-refractivity contribution in [1.82, 2.24) is 20.4 Å². The molecule has 0 spiro atoms. The fraction of sp³-hybridized carbons (Fsp3) is 0.846. The number of nitrogens with one attached hydrogen (secondary N) is 2. The Morgan fingerprint density at radius 2 is 2.00 bits per heavy atom. The van der Waals surface area contributed by atoms with E-state index >= 15 is 0 Å².